The first-order chi connectivity index (χ1) is 9.11. The minimum Gasteiger partial charge on any atom is -0.257 e. The number of nitrogens with one attached hydrogen (secondary N) is 1. The molecule has 0 aliphatic heterocycles. The van der Waals surface area contributed by atoms with Crippen LogP contribution in [0.3, 0.4) is 0 Å². The van der Waals surface area contributed by atoms with Gasteiger partial charge in [0.2, 0.25) is 0 Å². The largest absolute Gasteiger partial charge is 0.257 e. The highest BCUT2D eigenvalue weighted by molar-refractivity contribution is 7.89. The van der Waals surface area contributed by atoms with E-state index >= 15 is 0 Å². The van der Waals surface area contributed by atoms with Gasteiger partial charge >= 0.3 is 0 Å². The molecule has 4 nitrogen and oxygen atoms in total. The highest BCUT2D eigenvalue weighted by atomic mass is 32.2. The van der Waals surface area contributed by atoms with Crippen molar-refractivity contribution in [3.63, 3.8) is 0 Å². The van der Waals surface area contributed by atoms with Crippen LogP contribution < -0.4 is 10.7 Å². The summed E-state index contributed by atoms with van der Waals surface area (Å²) in [5.41, 5.74) is 2.82. The Morgan fingerprint density at radius 2 is 1.30 bits per heavy atom. The number of rotatable bonds is 5. The Bertz CT molecular complexity index is 547. The molecule has 0 aliphatic rings. The van der Waals surface area contributed by atoms with Crippen molar-refractivity contribution in [2.45, 2.75) is 64.2 Å². The topological polar surface area (TPSA) is 72.2 Å². The molecule has 0 aromatic heterocycles. The van der Waals surface area contributed by atoms with E-state index in [0.717, 1.165) is 16.7 Å². The molecule has 0 unspecified atom stereocenters. The number of nitrogens with two attached hydrogens (primary N) is 1. The lowest BCUT2D eigenvalue weighted by Gasteiger charge is -2.22. The van der Waals surface area contributed by atoms with Gasteiger partial charge in [-0.1, -0.05) is 53.7 Å². The van der Waals surface area contributed by atoms with Crippen molar-refractivity contribution in [3.05, 3.63) is 28.8 Å². The number of sulfonamides is 1. The number of hydrogen-bond donors (Lipinski definition) is 2. The van der Waals surface area contributed by atoms with Crippen LogP contribution in [0.1, 0.15) is 76.0 Å². The molecular weight excluding hydrogens is 272 g/mol. The van der Waals surface area contributed by atoms with E-state index in [9.17, 15) is 8.42 Å². The van der Waals surface area contributed by atoms with Crippen LogP contribution in [0, 0.1) is 0 Å². The molecule has 0 fully saturated rings. The fourth-order valence-electron chi connectivity index (χ4n) is 2.26. The summed E-state index contributed by atoms with van der Waals surface area (Å²) in [5, 5.41) is 0. The van der Waals surface area contributed by atoms with Crippen LogP contribution in [0.15, 0.2) is 17.0 Å². The van der Waals surface area contributed by atoms with Gasteiger partial charge in [-0.05, 0) is 34.4 Å². The molecule has 0 atom stereocenters. The van der Waals surface area contributed by atoms with Gasteiger partial charge in [-0.3, -0.25) is 5.84 Å². The average Bonchev–Trinajstić information content (AvgIpc) is 2.36. The van der Waals surface area contributed by atoms with E-state index in [1.807, 2.05) is 44.7 Å². The van der Waals surface area contributed by atoms with Crippen molar-refractivity contribution < 1.29 is 8.42 Å². The first kappa shape index (κ1) is 17.1. The molecule has 0 saturated carbocycles. The Hall–Kier alpha value is -0.910. The highest BCUT2D eigenvalue weighted by Crippen LogP contribution is 2.34. The van der Waals surface area contributed by atoms with Crippen LogP contribution in [0.5, 0.6) is 0 Å². The Labute approximate surface area is 122 Å². The Morgan fingerprint density at radius 1 is 0.900 bits per heavy atom. The third kappa shape index (κ3) is 3.40. The summed E-state index contributed by atoms with van der Waals surface area (Å²) in [6, 6.07) is 3.98. The quantitative estimate of drug-likeness (QED) is 0.647. The minimum atomic E-state index is -3.66. The fourth-order valence-corrected chi connectivity index (χ4v) is 3.59. The van der Waals surface area contributed by atoms with E-state index in [-0.39, 0.29) is 11.8 Å². The standard InChI is InChI=1S/C15H26N2O2S/c1-9(2)12-7-13(10(3)4)15(20(18,19)17-16)14(8-12)11(5)6/h7-11,17H,16H2,1-6H3. The second-order valence-corrected chi connectivity index (χ2v) is 7.76. The molecule has 0 spiro atoms. The molecule has 0 bridgehead atoms. The SMILES string of the molecule is CC(C)c1cc(C(C)C)c(S(=O)(=O)NN)c(C(C)C)c1. The van der Waals surface area contributed by atoms with Gasteiger partial charge in [-0.25, -0.2) is 8.42 Å². The molecular formula is C15H26N2O2S. The van der Waals surface area contributed by atoms with Crippen LogP contribution in [0.2, 0.25) is 0 Å². The van der Waals surface area contributed by atoms with Gasteiger partial charge in [0, 0.05) is 0 Å². The Kier molecular flexibility index (Phi) is 5.35. The van der Waals surface area contributed by atoms with Gasteiger partial charge in [0.15, 0.2) is 0 Å². The molecule has 0 amide bonds. The highest BCUT2D eigenvalue weighted by Gasteiger charge is 2.25. The summed E-state index contributed by atoms with van der Waals surface area (Å²) < 4.78 is 24.6. The summed E-state index contributed by atoms with van der Waals surface area (Å²) >= 11 is 0. The van der Waals surface area contributed by atoms with Crippen LogP contribution in [-0.4, -0.2) is 8.42 Å². The second-order valence-electron chi connectivity index (χ2n) is 6.11. The normalized spacial score (nSPS) is 12.7. The van der Waals surface area contributed by atoms with Gasteiger partial charge in [0.25, 0.3) is 10.0 Å². The summed E-state index contributed by atoms with van der Waals surface area (Å²) in [4.78, 5) is 2.31. The van der Waals surface area contributed by atoms with Gasteiger partial charge in [-0.2, -0.15) is 4.83 Å². The van der Waals surface area contributed by atoms with Crippen molar-refractivity contribution in [2.24, 2.45) is 5.84 Å². The third-order valence-electron chi connectivity index (χ3n) is 3.50. The minimum absolute atomic E-state index is 0.115. The zero-order valence-corrected chi connectivity index (χ0v) is 14.0. The zero-order chi connectivity index (χ0) is 15.7. The maximum absolute atomic E-state index is 12.3. The van der Waals surface area contributed by atoms with E-state index in [1.54, 1.807) is 0 Å². The third-order valence-corrected chi connectivity index (χ3v) is 4.82. The van der Waals surface area contributed by atoms with Crippen molar-refractivity contribution in [1.82, 2.24) is 4.83 Å². The first-order valence-corrected chi connectivity index (χ1v) is 8.50. The molecule has 0 saturated heterocycles. The molecule has 1 rings (SSSR count). The van der Waals surface area contributed by atoms with Gasteiger partial charge < -0.3 is 0 Å². The summed E-state index contributed by atoms with van der Waals surface area (Å²) in [7, 11) is -3.66. The van der Waals surface area contributed by atoms with Crippen LogP contribution >= 0.6 is 0 Å². The monoisotopic (exact) mass is 298 g/mol. The molecule has 0 heterocycles. The van der Waals surface area contributed by atoms with Crippen molar-refractivity contribution in [3.8, 4) is 0 Å². The summed E-state index contributed by atoms with van der Waals surface area (Å²) in [6.07, 6.45) is 0. The van der Waals surface area contributed by atoms with E-state index in [2.05, 4.69) is 13.8 Å². The van der Waals surface area contributed by atoms with E-state index in [1.165, 1.54) is 0 Å². The Balaban J connectivity index is 3.78. The van der Waals surface area contributed by atoms with Crippen LogP contribution in [-0.2, 0) is 10.0 Å². The maximum Gasteiger partial charge on any atom is 0.253 e. The molecule has 0 aliphatic carbocycles. The molecule has 5 heteroatoms. The van der Waals surface area contributed by atoms with Crippen LogP contribution in [0.25, 0.3) is 0 Å². The first-order valence-electron chi connectivity index (χ1n) is 7.02. The maximum atomic E-state index is 12.3. The van der Waals surface area contributed by atoms with Gasteiger partial charge in [-0.15, -0.1) is 0 Å². The molecule has 3 N–H and O–H groups in total. The average molecular weight is 298 g/mol. The summed E-state index contributed by atoms with van der Waals surface area (Å²) in [5.74, 6) is 5.82. The second kappa shape index (κ2) is 6.24. The van der Waals surface area contributed by atoms with Crippen molar-refractivity contribution in [2.75, 3.05) is 0 Å². The van der Waals surface area contributed by atoms with E-state index in [0.29, 0.717) is 10.8 Å². The molecule has 1 aromatic carbocycles. The lowest BCUT2D eigenvalue weighted by molar-refractivity contribution is 0.578. The zero-order valence-electron chi connectivity index (χ0n) is 13.2. The smallest absolute Gasteiger partial charge is 0.253 e. The lowest BCUT2D eigenvalue weighted by Crippen LogP contribution is -2.32. The molecule has 1 aromatic rings. The molecule has 20 heavy (non-hydrogen) atoms. The van der Waals surface area contributed by atoms with Gasteiger partial charge in [0.05, 0.1) is 4.90 Å². The van der Waals surface area contributed by atoms with Crippen molar-refractivity contribution in [1.29, 1.82) is 0 Å². The van der Waals surface area contributed by atoms with Gasteiger partial charge in [0.1, 0.15) is 0 Å². The van der Waals surface area contributed by atoms with E-state index < -0.39 is 10.0 Å². The van der Waals surface area contributed by atoms with Crippen LogP contribution in [0.4, 0.5) is 0 Å². The fraction of sp³-hybridized carbons (Fsp3) is 0.600. The number of hydrazine groups is 1. The number of benzene rings is 1. The summed E-state index contributed by atoms with van der Waals surface area (Å²) in [6.45, 7) is 12.2. The predicted octanol–water partition coefficient (Wildman–Crippen LogP) is 3.21. The lowest BCUT2D eigenvalue weighted by atomic mass is 9.89. The predicted molar refractivity (Wildman–Crippen MR) is 83.2 cm³/mol. The van der Waals surface area contributed by atoms with Crippen molar-refractivity contribution >= 4 is 10.0 Å². The molecule has 0 radical (unpaired) electrons. The van der Waals surface area contributed by atoms with E-state index in [4.69, 9.17) is 5.84 Å². The number of hydrogen-bond acceptors (Lipinski definition) is 3. The Morgan fingerprint density at radius 3 is 1.55 bits per heavy atom. The molecule has 114 valence electrons.